The zero-order valence-electron chi connectivity index (χ0n) is 16.1. The number of aromatic nitrogens is 1. The van der Waals surface area contributed by atoms with Crippen molar-refractivity contribution in [2.24, 2.45) is 11.7 Å². The summed E-state index contributed by atoms with van der Waals surface area (Å²) in [5.74, 6) is -1.11. The molecule has 4 rings (SSSR count). The molecule has 3 amide bonds. The van der Waals surface area contributed by atoms with E-state index in [2.05, 4.69) is 10.3 Å². The Hall–Kier alpha value is -3.61. The maximum Gasteiger partial charge on any atom is 0.250 e. The molecule has 1 fully saturated rings. The third-order valence-corrected chi connectivity index (χ3v) is 5.29. The second-order valence-corrected chi connectivity index (χ2v) is 7.48. The Bertz CT molecular complexity index is 1100. The highest BCUT2D eigenvalue weighted by molar-refractivity contribution is 6.07. The summed E-state index contributed by atoms with van der Waals surface area (Å²) in [5, 5.41) is 3.58. The summed E-state index contributed by atoms with van der Waals surface area (Å²) in [5.41, 5.74) is 9.28. The highest BCUT2D eigenvalue weighted by Crippen LogP contribution is 2.25. The van der Waals surface area contributed by atoms with Gasteiger partial charge in [0.1, 0.15) is 0 Å². The van der Waals surface area contributed by atoms with Gasteiger partial charge < -0.3 is 20.9 Å². The van der Waals surface area contributed by atoms with Gasteiger partial charge in [0.2, 0.25) is 11.8 Å². The number of nitrogens with zero attached hydrogens (tertiary/aromatic N) is 1. The van der Waals surface area contributed by atoms with Crippen LogP contribution in [-0.2, 0) is 16.1 Å². The number of carbonyl (C=O) groups is 3. The third kappa shape index (κ3) is 3.85. The second-order valence-electron chi connectivity index (χ2n) is 7.48. The number of hydrogen-bond donors (Lipinski definition) is 3. The number of nitrogens with one attached hydrogen (secondary N) is 2. The fourth-order valence-electron chi connectivity index (χ4n) is 3.67. The Labute approximate surface area is 167 Å². The molecule has 148 valence electrons. The molecule has 1 atom stereocenters. The van der Waals surface area contributed by atoms with Gasteiger partial charge in [-0.15, -0.1) is 0 Å². The molecule has 0 aliphatic carbocycles. The lowest BCUT2D eigenvalue weighted by Gasteiger charge is -2.17. The van der Waals surface area contributed by atoms with Crippen LogP contribution in [0.1, 0.15) is 27.9 Å². The van der Waals surface area contributed by atoms with Crippen LogP contribution < -0.4 is 11.1 Å². The van der Waals surface area contributed by atoms with Crippen molar-refractivity contribution in [2.45, 2.75) is 19.9 Å². The van der Waals surface area contributed by atoms with Crippen LogP contribution >= 0.6 is 0 Å². The number of carbonyl (C=O) groups excluding carboxylic acids is 3. The minimum atomic E-state index is -0.508. The molecular weight excluding hydrogens is 368 g/mol. The predicted molar refractivity (Wildman–Crippen MR) is 110 cm³/mol. The molecule has 2 heterocycles. The van der Waals surface area contributed by atoms with Crippen molar-refractivity contribution in [3.8, 4) is 0 Å². The standard InChI is InChI=1S/C22H22N4O3/c1-13-2-4-14(5-3-13)11-26-12-15(8-20(26)27)22(29)25-16-6-7-17-18(21(23)28)10-24-19(17)9-16/h2-7,9-10,15,24H,8,11-12H2,1H3,(H2,23,28)(H,25,29). The molecule has 1 aliphatic heterocycles. The smallest absolute Gasteiger partial charge is 0.250 e. The van der Waals surface area contributed by atoms with E-state index in [1.807, 2.05) is 31.2 Å². The molecule has 29 heavy (non-hydrogen) atoms. The van der Waals surface area contributed by atoms with Crippen molar-refractivity contribution < 1.29 is 14.4 Å². The molecule has 1 aromatic heterocycles. The minimum absolute atomic E-state index is 0.0170. The van der Waals surface area contributed by atoms with E-state index in [0.717, 1.165) is 5.56 Å². The van der Waals surface area contributed by atoms with Crippen LogP contribution in [0.4, 0.5) is 5.69 Å². The monoisotopic (exact) mass is 390 g/mol. The van der Waals surface area contributed by atoms with Crippen LogP contribution in [0.3, 0.4) is 0 Å². The summed E-state index contributed by atoms with van der Waals surface area (Å²) in [4.78, 5) is 41.2. The normalized spacial score (nSPS) is 16.4. The number of H-pyrrole nitrogens is 1. The molecule has 7 heteroatoms. The molecule has 1 aliphatic rings. The van der Waals surface area contributed by atoms with Crippen molar-refractivity contribution >= 4 is 34.3 Å². The average molecular weight is 390 g/mol. The highest BCUT2D eigenvalue weighted by Gasteiger charge is 2.34. The first-order valence-electron chi connectivity index (χ1n) is 9.46. The summed E-state index contributed by atoms with van der Waals surface area (Å²) >= 11 is 0. The van der Waals surface area contributed by atoms with E-state index >= 15 is 0 Å². The molecule has 7 nitrogen and oxygen atoms in total. The van der Waals surface area contributed by atoms with Crippen LogP contribution in [-0.4, -0.2) is 34.2 Å². The number of fused-ring (bicyclic) bond motifs is 1. The van der Waals surface area contributed by atoms with Gasteiger partial charge in [-0.25, -0.2) is 0 Å². The van der Waals surface area contributed by atoms with Crippen molar-refractivity contribution in [3.63, 3.8) is 0 Å². The van der Waals surface area contributed by atoms with Crippen molar-refractivity contribution in [3.05, 3.63) is 65.4 Å². The quantitative estimate of drug-likeness (QED) is 0.623. The van der Waals surface area contributed by atoms with Gasteiger partial charge in [0.15, 0.2) is 0 Å². The molecular formula is C22H22N4O3. The second kappa shape index (κ2) is 7.43. The maximum atomic E-state index is 12.7. The van der Waals surface area contributed by atoms with E-state index in [9.17, 15) is 14.4 Å². The van der Waals surface area contributed by atoms with Crippen molar-refractivity contribution in [1.82, 2.24) is 9.88 Å². The first-order chi connectivity index (χ1) is 13.9. The molecule has 1 saturated heterocycles. The number of anilines is 1. The lowest BCUT2D eigenvalue weighted by Crippen LogP contribution is -2.28. The van der Waals surface area contributed by atoms with Gasteiger partial charge in [-0.3, -0.25) is 14.4 Å². The van der Waals surface area contributed by atoms with E-state index in [4.69, 9.17) is 5.73 Å². The van der Waals surface area contributed by atoms with Crippen molar-refractivity contribution in [2.75, 3.05) is 11.9 Å². The van der Waals surface area contributed by atoms with Gasteiger partial charge in [-0.2, -0.15) is 0 Å². The Morgan fingerprint density at radius 3 is 2.69 bits per heavy atom. The van der Waals surface area contributed by atoms with Crippen LogP contribution in [0.25, 0.3) is 10.9 Å². The number of primary amides is 1. The molecule has 2 aromatic carbocycles. The molecule has 0 bridgehead atoms. The summed E-state index contributed by atoms with van der Waals surface area (Å²) < 4.78 is 0. The number of amides is 3. The molecule has 0 radical (unpaired) electrons. The van der Waals surface area contributed by atoms with E-state index in [-0.39, 0.29) is 18.2 Å². The third-order valence-electron chi connectivity index (χ3n) is 5.29. The first kappa shape index (κ1) is 18.7. The van der Waals surface area contributed by atoms with Gasteiger partial charge in [0.25, 0.3) is 5.91 Å². The number of aryl methyl sites for hydroxylation is 1. The van der Waals surface area contributed by atoms with E-state index in [1.165, 1.54) is 5.56 Å². The zero-order chi connectivity index (χ0) is 20.5. The van der Waals surface area contributed by atoms with Gasteiger partial charge in [0, 0.05) is 42.3 Å². The van der Waals surface area contributed by atoms with Gasteiger partial charge >= 0.3 is 0 Å². The fourth-order valence-corrected chi connectivity index (χ4v) is 3.67. The van der Waals surface area contributed by atoms with E-state index in [1.54, 1.807) is 29.3 Å². The van der Waals surface area contributed by atoms with Crippen LogP contribution in [0.2, 0.25) is 0 Å². The van der Waals surface area contributed by atoms with E-state index < -0.39 is 11.8 Å². The zero-order valence-corrected chi connectivity index (χ0v) is 16.1. The number of hydrogen-bond acceptors (Lipinski definition) is 3. The average Bonchev–Trinajstić information content (AvgIpc) is 3.27. The topological polar surface area (TPSA) is 108 Å². The van der Waals surface area contributed by atoms with Crippen LogP contribution in [0, 0.1) is 12.8 Å². The Morgan fingerprint density at radius 2 is 1.97 bits per heavy atom. The van der Waals surface area contributed by atoms with E-state index in [0.29, 0.717) is 35.2 Å². The number of benzene rings is 2. The number of aromatic amines is 1. The van der Waals surface area contributed by atoms with Crippen LogP contribution in [0.15, 0.2) is 48.7 Å². The molecule has 4 N–H and O–H groups in total. The Morgan fingerprint density at radius 1 is 1.21 bits per heavy atom. The Balaban J connectivity index is 1.42. The first-order valence-corrected chi connectivity index (χ1v) is 9.46. The lowest BCUT2D eigenvalue weighted by molar-refractivity contribution is -0.128. The van der Waals surface area contributed by atoms with Crippen LogP contribution in [0.5, 0.6) is 0 Å². The maximum absolute atomic E-state index is 12.7. The van der Waals surface area contributed by atoms with Gasteiger partial charge in [-0.1, -0.05) is 29.8 Å². The van der Waals surface area contributed by atoms with Gasteiger partial charge in [-0.05, 0) is 30.7 Å². The number of rotatable bonds is 5. The molecule has 1 unspecified atom stereocenters. The molecule has 3 aromatic rings. The lowest BCUT2D eigenvalue weighted by atomic mass is 10.1. The number of nitrogens with two attached hydrogens (primary N) is 1. The predicted octanol–water partition coefficient (Wildman–Crippen LogP) is 2.56. The molecule has 0 saturated carbocycles. The largest absolute Gasteiger partial charge is 0.366 e. The Kier molecular flexibility index (Phi) is 4.80. The van der Waals surface area contributed by atoms with Crippen molar-refractivity contribution in [1.29, 1.82) is 0 Å². The minimum Gasteiger partial charge on any atom is -0.366 e. The SMILES string of the molecule is Cc1ccc(CN2CC(C(=O)Nc3ccc4c(C(N)=O)c[nH]c4c3)CC2=O)cc1. The summed E-state index contributed by atoms with van der Waals surface area (Å²) in [6, 6.07) is 13.2. The van der Waals surface area contributed by atoms with Gasteiger partial charge in [0.05, 0.1) is 11.5 Å². The highest BCUT2D eigenvalue weighted by atomic mass is 16.2. The summed E-state index contributed by atoms with van der Waals surface area (Å²) in [6.07, 6.45) is 1.76. The summed E-state index contributed by atoms with van der Waals surface area (Å²) in [6.45, 7) is 2.92. The number of likely N-dealkylation sites (tertiary alicyclic amines) is 1. The summed E-state index contributed by atoms with van der Waals surface area (Å²) in [7, 11) is 0. The molecule has 0 spiro atoms. The fraction of sp³-hybridized carbons (Fsp3) is 0.227.